The lowest BCUT2D eigenvalue weighted by Crippen LogP contribution is -2.48. The van der Waals surface area contributed by atoms with Crippen molar-refractivity contribution in [2.45, 2.75) is 138 Å². The standard InChI is InChI=1S/C49H58N2O5/c1-11-32-24-30(25-33(12-2)42(32)48(9,15-5)16-6)23-31-26-34(13-3)43(35(14-4)27-31)50-44(52)38-21-19-36(28-40(38)45(50)53)56-37-20-22-39-41(29-37)47(55)51(46(39)54)49(10,17-7)18-8/h19-22,24-29H,11-18,23H2,1-10H3. The van der Waals surface area contributed by atoms with E-state index >= 15 is 0 Å². The zero-order valence-electron chi connectivity index (χ0n) is 35.1. The van der Waals surface area contributed by atoms with Gasteiger partial charge in [0.1, 0.15) is 11.5 Å². The number of carbonyl (C=O) groups excluding carboxylic acids is 4. The zero-order valence-corrected chi connectivity index (χ0v) is 35.1. The molecule has 0 unspecified atom stereocenters. The Morgan fingerprint density at radius 3 is 1.36 bits per heavy atom. The van der Waals surface area contributed by atoms with E-state index < -0.39 is 5.54 Å². The SMILES string of the molecule is CCc1cc(Cc2cc(CC)c(C(C)(CC)CC)c(CC)c2)cc(CC)c1N1C(=O)c2ccc(Oc3ccc4c(c3)C(=O)N(C(C)(CC)CC)C4=O)cc2C1=O. The fraction of sp³-hybridized carbons (Fsp3) is 0.429. The Morgan fingerprint density at radius 2 is 0.911 bits per heavy atom. The van der Waals surface area contributed by atoms with E-state index in [1.165, 1.54) is 37.6 Å². The lowest BCUT2D eigenvalue weighted by Gasteiger charge is -2.35. The van der Waals surface area contributed by atoms with Crippen molar-refractivity contribution in [3.8, 4) is 11.5 Å². The van der Waals surface area contributed by atoms with Crippen molar-refractivity contribution in [1.29, 1.82) is 0 Å². The second-order valence-corrected chi connectivity index (χ2v) is 16.0. The summed E-state index contributed by atoms with van der Waals surface area (Å²) >= 11 is 0. The predicted molar refractivity (Wildman–Crippen MR) is 225 cm³/mol. The molecule has 0 atom stereocenters. The van der Waals surface area contributed by atoms with Crippen LogP contribution in [0.15, 0.2) is 60.7 Å². The van der Waals surface area contributed by atoms with Crippen molar-refractivity contribution in [3.05, 3.63) is 122 Å². The normalized spacial score (nSPS) is 14.2. The minimum Gasteiger partial charge on any atom is -0.457 e. The van der Waals surface area contributed by atoms with Gasteiger partial charge in [0.05, 0.1) is 27.9 Å². The van der Waals surface area contributed by atoms with Crippen LogP contribution in [0.3, 0.4) is 0 Å². The van der Waals surface area contributed by atoms with Crippen LogP contribution in [0.25, 0.3) is 0 Å². The highest BCUT2D eigenvalue weighted by Gasteiger charge is 2.45. The molecule has 0 radical (unpaired) electrons. The Balaban J connectivity index is 1.29. The average Bonchev–Trinajstić information content (AvgIpc) is 3.62. The first kappa shape index (κ1) is 40.6. The van der Waals surface area contributed by atoms with Gasteiger partial charge in [0, 0.05) is 5.54 Å². The lowest BCUT2D eigenvalue weighted by molar-refractivity contribution is 0.0434. The van der Waals surface area contributed by atoms with Crippen molar-refractivity contribution in [2.24, 2.45) is 0 Å². The molecule has 2 heterocycles. The van der Waals surface area contributed by atoms with E-state index in [9.17, 15) is 19.2 Å². The third-order valence-electron chi connectivity index (χ3n) is 13.0. The molecule has 0 aliphatic carbocycles. The molecular weight excluding hydrogens is 697 g/mol. The molecule has 4 aromatic carbocycles. The summed E-state index contributed by atoms with van der Waals surface area (Å²) in [7, 11) is 0. The molecule has 6 rings (SSSR count). The summed E-state index contributed by atoms with van der Waals surface area (Å²) in [4.78, 5) is 57.7. The van der Waals surface area contributed by atoms with Crippen molar-refractivity contribution >= 4 is 29.3 Å². The van der Waals surface area contributed by atoms with Gasteiger partial charge in [-0.05, 0) is 145 Å². The molecule has 0 bridgehead atoms. The topological polar surface area (TPSA) is 84.0 Å². The Bertz CT molecular complexity index is 2170. The van der Waals surface area contributed by atoms with Crippen LogP contribution < -0.4 is 9.64 Å². The molecule has 294 valence electrons. The molecular formula is C49H58N2O5. The molecule has 7 heteroatoms. The summed E-state index contributed by atoms with van der Waals surface area (Å²) < 4.78 is 6.18. The number of imide groups is 2. The zero-order chi connectivity index (χ0) is 40.7. The molecule has 0 N–H and O–H groups in total. The molecule has 56 heavy (non-hydrogen) atoms. The number of anilines is 1. The molecule has 2 aliphatic heterocycles. The van der Waals surface area contributed by atoms with Gasteiger partial charge >= 0.3 is 0 Å². The molecule has 0 saturated heterocycles. The molecule has 7 nitrogen and oxygen atoms in total. The largest absolute Gasteiger partial charge is 0.457 e. The number of nitrogens with zero attached hydrogens (tertiary/aromatic N) is 2. The van der Waals surface area contributed by atoms with Crippen molar-refractivity contribution in [2.75, 3.05) is 4.90 Å². The average molecular weight is 755 g/mol. The van der Waals surface area contributed by atoms with Crippen LogP contribution in [-0.2, 0) is 37.5 Å². The van der Waals surface area contributed by atoms with Gasteiger partial charge < -0.3 is 4.74 Å². The van der Waals surface area contributed by atoms with E-state index in [0.717, 1.165) is 43.2 Å². The summed E-state index contributed by atoms with van der Waals surface area (Å²) in [6.45, 7) is 21.5. The monoisotopic (exact) mass is 754 g/mol. The second-order valence-electron chi connectivity index (χ2n) is 16.0. The molecule has 0 spiro atoms. The number of hydrogen-bond acceptors (Lipinski definition) is 5. The maximum atomic E-state index is 14.2. The number of rotatable bonds is 15. The van der Waals surface area contributed by atoms with Gasteiger partial charge in [0.2, 0.25) is 0 Å². The van der Waals surface area contributed by atoms with Crippen molar-refractivity contribution in [3.63, 3.8) is 0 Å². The highest BCUT2D eigenvalue weighted by Crippen LogP contribution is 2.41. The number of amides is 4. The van der Waals surface area contributed by atoms with Gasteiger partial charge in [0.25, 0.3) is 23.6 Å². The van der Waals surface area contributed by atoms with E-state index in [1.807, 2.05) is 20.8 Å². The number of hydrogen-bond donors (Lipinski definition) is 0. The quantitative estimate of drug-likeness (QED) is 0.113. The Labute approximate surface area is 333 Å². The first-order chi connectivity index (χ1) is 26.8. The highest BCUT2D eigenvalue weighted by atomic mass is 16.5. The van der Waals surface area contributed by atoms with Gasteiger partial charge in [-0.2, -0.15) is 0 Å². The molecule has 4 aromatic rings. The number of ether oxygens (including phenoxy) is 1. The summed E-state index contributed by atoms with van der Waals surface area (Å²) in [6.07, 6.45) is 7.57. The summed E-state index contributed by atoms with van der Waals surface area (Å²) in [6, 6.07) is 18.9. The van der Waals surface area contributed by atoms with Crippen molar-refractivity contribution in [1.82, 2.24) is 4.90 Å². The summed E-state index contributed by atoms with van der Waals surface area (Å²) in [5, 5.41) is 0. The first-order valence-corrected chi connectivity index (χ1v) is 20.8. The van der Waals surface area contributed by atoms with Crippen LogP contribution >= 0.6 is 0 Å². The van der Waals surface area contributed by atoms with Gasteiger partial charge in [0.15, 0.2) is 0 Å². The van der Waals surface area contributed by atoms with Crippen molar-refractivity contribution < 1.29 is 23.9 Å². The van der Waals surface area contributed by atoms with Gasteiger partial charge in [-0.25, -0.2) is 4.90 Å². The van der Waals surface area contributed by atoms with E-state index in [-0.39, 0.29) is 34.6 Å². The van der Waals surface area contributed by atoms with Crippen LogP contribution in [0, 0.1) is 0 Å². The molecule has 0 aromatic heterocycles. The third-order valence-corrected chi connectivity index (χ3v) is 13.0. The van der Waals surface area contributed by atoms with Crippen LogP contribution in [0.1, 0.15) is 175 Å². The van der Waals surface area contributed by atoms with E-state index in [0.29, 0.717) is 59.6 Å². The van der Waals surface area contributed by atoms with Crippen LogP contribution in [0.5, 0.6) is 11.5 Å². The lowest BCUT2D eigenvalue weighted by atomic mass is 9.72. The fourth-order valence-corrected chi connectivity index (χ4v) is 8.84. The molecule has 2 aliphatic rings. The molecule has 0 fully saturated rings. The number of carbonyl (C=O) groups is 4. The smallest absolute Gasteiger partial charge is 0.266 e. The minimum atomic E-state index is -0.586. The third kappa shape index (κ3) is 6.77. The number of fused-ring (bicyclic) bond motifs is 2. The van der Waals surface area contributed by atoms with Crippen LogP contribution in [0.2, 0.25) is 0 Å². The van der Waals surface area contributed by atoms with Gasteiger partial charge in [-0.1, -0.05) is 86.6 Å². The van der Waals surface area contributed by atoms with Gasteiger partial charge in [-0.15, -0.1) is 0 Å². The molecule has 4 amide bonds. The predicted octanol–water partition coefficient (Wildman–Crippen LogP) is 11.4. The Morgan fingerprint density at radius 1 is 0.500 bits per heavy atom. The maximum Gasteiger partial charge on any atom is 0.266 e. The number of aryl methyl sites for hydroxylation is 4. The van der Waals surface area contributed by atoms with Crippen LogP contribution in [-0.4, -0.2) is 34.1 Å². The Hall–Kier alpha value is -5.04. The van der Waals surface area contributed by atoms with Gasteiger partial charge in [-0.3, -0.25) is 24.1 Å². The van der Waals surface area contributed by atoms with E-state index in [1.54, 1.807) is 36.4 Å². The number of benzene rings is 4. The summed E-state index contributed by atoms with van der Waals surface area (Å²) in [5.41, 5.74) is 10.3. The first-order valence-electron chi connectivity index (χ1n) is 20.8. The minimum absolute atomic E-state index is 0.151. The van der Waals surface area contributed by atoms with E-state index in [2.05, 4.69) is 72.7 Å². The fourth-order valence-electron chi connectivity index (χ4n) is 8.84. The maximum absolute atomic E-state index is 14.2. The van der Waals surface area contributed by atoms with Crippen LogP contribution in [0.4, 0.5) is 5.69 Å². The Kier molecular flexibility index (Phi) is 11.5. The highest BCUT2D eigenvalue weighted by molar-refractivity contribution is 6.35. The summed E-state index contributed by atoms with van der Waals surface area (Å²) in [5.74, 6) is -0.650. The van der Waals surface area contributed by atoms with E-state index in [4.69, 9.17) is 4.74 Å². The molecule has 0 saturated carbocycles. The second kappa shape index (κ2) is 15.8.